The minimum atomic E-state index is -2.58. The zero-order valence-electron chi connectivity index (χ0n) is 14.1. The average Bonchev–Trinajstić information content (AvgIpc) is 2.51. The summed E-state index contributed by atoms with van der Waals surface area (Å²) < 4.78 is 61.4. The second kappa shape index (κ2) is 8.11. The number of carbonyl (C=O) groups is 1. The number of carbonyl (C=O) groups excluding carboxylic acids is 1. The molecule has 0 fully saturated rings. The van der Waals surface area contributed by atoms with Crippen LogP contribution in [0.1, 0.15) is 33.3 Å². The van der Waals surface area contributed by atoms with Crippen LogP contribution in [0.2, 0.25) is 0 Å². The molecule has 136 valence electrons. The largest absolute Gasteiger partial charge is 0.464 e. The molecular formula is C16H22F3NO3S. The van der Waals surface area contributed by atoms with E-state index in [2.05, 4.69) is 9.46 Å². The van der Waals surface area contributed by atoms with Crippen LogP contribution in [-0.2, 0) is 26.1 Å². The molecular weight excluding hydrogens is 343 g/mol. The predicted molar refractivity (Wildman–Crippen MR) is 86.6 cm³/mol. The average molecular weight is 365 g/mol. The van der Waals surface area contributed by atoms with Crippen molar-refractivity contribution in [3.63, 3.8) is 0 Å². The van der Waals surface area contributed by atoms with Gasteiger partial charge in [0.15, 0.2) is 0 Å². The highest BCUT2D eigenvalue weighted by atomic mass is 32.2. The van der Waals surface area contributed by atoms with Crippen molar-refractivity contribution in [2.24, 2.45) is 0 Å². The number of rotatable bonds is 7. The molecule has 0 saturated heterocycles. The highest BCUT2D eigenvalue weighted by Crippen LogP contribution is 2.33. The van der Waals surface area contributed by atoms with E-state index in [1.807, 2.05) is 0 Å². The van der Waals surface area contributed by atoms with Crippen LogP contribution in [0.4, 0.5) is 13.2 Å². The molecule has 0 heterocycles. The van der Waals surface area contributed by atoms with Gasteiger partial charge in [-0.25, -0.2) is 26.9 Å². The van der Waals surface area contributed by atoms with Crippen LogP contribution in [0.5, 0.6) is 0 Å². The Morgan fingerprint density at radius 2 is 1.92 bits per heavy atom. The summed E-state index contributed by atoms with van der Waals surface area (Å²) in [5.41, 5.74) is -2.87. The van der Waals surface area contributed by atoms with E-state index in [-0.39, 0.29) is 6.61 Å². The van der Waals surface area contributed by atoms with E-state index in [1.165, 1.54) is 19.1 Å². The Balaban J connectivity index is 3.46. The molecule has 0 saturated carbocycles. The number of esters is 1. The highest BCUT2D eigenvalue weighted by molar-refractivity contribution is 7.84. The smallest absolute Gasteiger partial charge is 0.343 e. The van der Waals surface area contributed by atoms with Crippen molar-refractivity contribution in [1.29, 1.82) is 0 Å². The number of hydrogen-bond donors (Lipinski definition) is 1. The first kappa shape index (κ1) is 20.6. The standard InChI is InChI=1S/C16H22F3NO3S/c1-5-23-14(21)13(19)16(10-17,20-24(22)15(2,3)4)11-8-6-7-9-12(11)18/h6-9,13,20H,5,10H2,1-4H3/t13-,16-,24?/m1/s1. The lowest BCUT2D eigenvalue weighted by atomic mass is 9.87. The normalized spacial score (nSPS) is 17.0. The van der Waals surface area contributed by atoms with Gasteiger partial charge in [-0.1, -0.05) is 18.2 Å². The van der Waals surface area contributed by atoms with Crippen LogP contribution in [0.15, 0.2) is 24.3 Å². The van der Waals surface area contributed by atoms with Crippen molar-refractivity contribution in [3.05, 3.63) is 35.6 Å². The van der Waals surface area contributed by atoms with E-state index in [1.54, 1.807) is 20.8 Å². The molecule has 1 rings (SSSR count). The fourth-order valence-corrected chi connectivity index (χ4v) is 2.87. The molecule has 0 amide bonds. The van der Waals surface area contributed by atoms with Gasteiger partial charge in [-0.2, -0.15) is 0 Å². The predicted octanol–water partition coefficient (Wildman–Crippen LogP) is 2.94. The first-order valence-electron chi connectivity index (χ1n) is 7.41. The maximum Gasteiger partial charge on any atom is 0.343 e. The van der Waals surface area contributed by atoms with Gasteiger partial charge in [0.05, 0.1) is 22.3 Å². The zero-order chi connectivity index (χ0) is 18.5. The molecule has 0 spiro atoms. The number of hydrogen-bond acceptors (Lipinski definition) is 3. The van der Waals surface area contributed by atoms with E-state index >= 15 is 0 Å². The number of halogens is 3. The van der Waals surface area contributed by atoms with Crippen LogP contribution >= 0.6 is 0 Å². The lowest BCUT2D eigenvalue weighted by Crippen LogP contribution is -2.58. The SMILES string of the molecule is CCOC(=O)[C@@H](F)[C@](CF)(NS(=O)C(C)(C)C)c1ccccc1F. The maximum absolute atomic E-state index is 14.8. The van der Waals surface area contributed by atoms with E-state index in [4.69, 9.17) is 0 Å². The molecule has 0 aliphatic carbocycles. The molecule has 0 aromatic heterocycles. The van der Waals surface area contributed by atoms with Gasteiger partial charge in [-0.05, 0) is 33.8 Å². The number of benzene rings is 1. The summed E-state index contributed by atoms with van der Waals surface area (Å²) in [5.74, 6) is -2.27. The minimum absolute atomic E-state index is 0.124. The lowest BCUT2D eigenvalue weighted by molar-refractivity contribution is -0.153. The molecule has 1 N–H and O–H groups in total. The van der Waals surface area contributed by atoms with Gasteiger partial charge in [0.1, 0.15) is 18.0 Å². The topological polar surface area (TPSA) is 55.4 Å². The summed E-state index contributed by atoms with van der Waals surface area (Å²) >= 11 is 0. The van der Waals surface area contributed by atoms with Crippen LogP contribution in [0.25, 0.3) is 0 Å². The number of alkyl halides is 2. The molecule has 3 atom stereocenters. The van der Waals surface area contributed by atoms with Crippen LogP contribution < -0.4 is 4.72 Å². The van der Waals surface area contributed by atoms with Crippen LogP contribution in [-0.4, -0.2) is 34.4 Å². The van der Waals surface area contributed by atoms with Crippen molar-refractivity contribution in [1.82, 2.24) is 4.72 Å². The molecule has 0 aliphatic rings. The summed E-state index contributed by atoms with van der Waals surface area (Å²) in [6.07, 6.45) is -2.58. The van der Waals surface area contributed by atoms with Crippen LogP contribution in [0.3, 0.4) is 0 Å². The van der Waals surface area contributed by atoms with Gasteiger partial charge in [0, 0.05) is 5.56 Å². The number of ether oxygens (including phenoxy) is 1. The van der Waals surface area contributed by atoms with Gasteiger partial charge in [0.25, 0.3) is 0 Å². The highest BCUT2D eigenvalue weighted by Gasteiger charge is 2.50. The molecule has 24 heavy (non-hydrogen) atoms. The summed E-state index contributed by atoms with van der Waals surface area (Å²) in [6.45, 7) is 4.59. The third kappa shape index (κ3) is 4.36. The fraction of sp³-hybridized carbons (Fsp3) is 0.562. The quantitative estimate of drug-likeness (QED) is 0.756. The third-order valence-electron chi connectivity index (χ3n) is 3.32. The van der Waals surface area contributed by atoms with E-state index in [0.29, 0.717) is 0 Å². The Kier molecular flexibility index (Phi) is 6.97. The second-order valence-electron chi connectivity index (χ2n) is 6.18. The van der Waals surface area contributed by atoms with Crippen molar-refractivity contribution >= 4 is 17.0 Å². The minimum Gasteiger partial charge on any atom is -0.464 e. The first-order valence-corrected chi connectivity index (χ1v) is 8.56. The fourth-order valence-electron chi connectivity index (χ4n) is 1.97. The Morgan fingerprint density at radius 1 is 1.33 bits per heavy atom. The monoisotopic (exact) mass is 365 g/mol. The molecule has 0 bridgehead atoms. The van der Waals surface area contributed by atoms with Crippen LogP contribution in [0, 0.1) is 5.82 Å². The summed E-state index contributed by atoms with van der Waals surface area (Å²) in [6, 6.07) is 4.88. The van der Waals surface area contributed by atoms with Crippen molar-refractivity contribution in [2.45, 2.75) is 44.2 Å². The van der Waals surface area contributed by atoms with Crippen molar-refractivity contribution in [3.8, 4) is 0 Å². The molecule has 0 aliphatic heterocycles. The third-order valence-corrected chi connectivity index (χ3v) is 4.98. The lowest BCUT2D eigenvalue weighted by Gasteiger charge is -2.36. The van der Waals surface area contributed by atoms with Gasteiger partial charge >= 0.3 is 5.97 Å². The van der Waals surface area contributed by atoms with E-state index in [9.17, 15) is 22.2 Å². The summed E-state index contributed by atoms with van der Waals surface area (Å²) in [4.78, 5) is 11.8. The Hall–Kier alpha value is -1.41. The van der Waals surface area contributed by atoms with Gasteiger partial charge in [0.2, 0.25) is 6.17 Å². The Morgan fingerprint density at radius 3 is 2.38 bits per heavy atom. The van der Waals surface area contributed by atoms with E-state index in [0.717, 1.165) is 12.1 Å². The molecule has 1 aromatic rings. The molecule has 0 radical (unpaired) electrons. The maximum atomic E-state index is 14.8. The molecule has 1 aromatic carbocycles. The van der Waals surface area contributed by atoms with Gasteiger partial charge in [-0.3, -0.25) is 0 Å². The Labute approximate surface area is 142 Å². The second-order valence-corrected chi connectivity index (χ2v) is 8.15. The molecule has 1 unspecified atom stereocenters. The molecule has 8 heteroatoms. The molecule has 4 nitrogen and oxygen atoms in total. The van der Waals surface area contributed by atoms with Crippen molar-refractivity contribution < 1.29 is 26.9 Å². The van der Waals surface area contributed by atoms with Gasteiger partial charge in [-0.15, -0.1) is 0 Å². The van der Waals surface area contributed by atoms with Crippen molar-refractivity contribution in [2.75, 3.05) is 13.3 Å². The van der Waals surface area contributed by atoms with E-state index < -0.39 is 51.5 Å². The first-order chi connectivity index (χ1) is 11.1. The Bertz CT molecular complexity index is 606. The summed E-state index contributed by atoms with van der Waals surface area (Å²) in [7, 11) is -1.96. The number of nitrogens with one attached hydrogen (secondary N) is 1. The zero-order valence-corrected chi connectivity index (χ0v) is 14.9. The summed E-state index contributed by atoms with van der Waals surface area (Å²) in [5, 5.41) is 0. The van der Waals surface area contributed by atoms with Gasteiger partial charge < -0.3 is 4.74 Å².